The van der Waals surface area contributed by atoms with Gasteiger partial charge >= 0.3 is 11.9 Å². The molecule has 18 bridgehead atoms. The summed E-state index contributed by atoms with van der Waals surface area (Å²) in [6, 6.07) is 32.0. The predicted molar refractivity (Wildman–Crippen MR) is 216 cm³/mol. The molecule has 6 aliphatic carbocycles. The Morgan fingerprint density at radius 1 is 0.547 bits per heavy atom. The summed E-state index contributed by atoms with van der Waals surface area (Å²) in [6.45, 7) is 2.37. The van der Waals surface area contributed by atoms with E-state index in [1.165, 1.54) is 53.6 Å². The van der Waals surface area contributed by atoms with Crippen LogP contribution in [0.3, 0.4) is 0 Å². The lowest BCUT2D eigenvalue weighted by atomic mass is 9.54. The molecule has 7 atom stereocenters. The Labute approximate surface area is 330 Å². The lowest BCUT2D eigenvalue weighted by Gasteiger charge is -2.47. The number of hydrogen-bond acceptors (Lipinski definition) is 9. The van der Waals surface area contributed by atoms with Crippen LogP contribution in [0.5, 0.6) is 0 Å². The van der Waals surface area contributed by atoms with Crippen molar-refractivity contribution in [2.24, 2.45) is 17.8 Å². The first-order valence-electron chi connectivity index (χ1n) is 17.4. The van der Waals surface area contributed by atoms with Crippen molar-refractivity contribution in [1.82, 2.24) is 0 Å². The largest absolute Gasteiger partial charge is 0.481 e. The molecule has 6 unspecified atom stereocenters. The molecule has 0 spiro atoms. The number of carboxylic acid groups (broad SMARTS) is 2. The highest BCUT2D eigenvalue weighted by atomic mass is 33.1. The molecule has 0 fully saturated rings. The van der Waals surface area contributed by atoms with Gasteiger partial charge in [-0.25, -0.2) is 0 Å². The molecule has 0 amide bonds. The molecule has 2 N–H and O–H groups in total. The molecule has 19 rings (SSSR count). The van der Waals surface area contributed by atoms with E-state index >= 15 is 0 Å². The van der Waals surface area contributed by atoms with Gasteiger partial charge in [-0.2, -0.15) is 0 Å². The minimum Gasteiger partial charge on any atom is -0.481 e. The minimum absolute atomic E-state index is 0.333. The van der Waals surface area contributed by atoms with E-state index in [9.17, 15) is 24.6 Å². The van der Waals surface area contributed by atoms with E-state index < -0.39 is 35.6 Å². The van der Waals surface area contributed by atoms with E-state index in [0.717, 1.165) is 54.5 Å². The number of aldehydes is 1. The van der Waals surface area contributed by atoms with Crippen molar-refractivity contribution in [3.63, 3.8) is 0 Å². The average Bonchev–Trinajstić information content (AvgIpc) is 3.17. The number of aliphatic carboxylic acids is 2. The summed E-state index contributed by atoms with van der Waals surface area (Å²) < 4.78 is 0. The van der Waals surface area contributed by atoms with E-state index in [1.54, 1.807) is 43.2 Å². The highest BCUT2D eigenvalue weighted by Gasteiger charge is 2.56. The molecule has 8 aliphatic heterocycles. The van der Waals surface area contributed by atoms with Crippen LogP contribution in [0.25, 0.3) is 0 Å². The Morgan fingerprint density at radius 2 is 0.962 bits per heavy atom. The van der Waals surface area contributed by atoms with Gasteiger partial charge in [-0.1, -0.05) is 102 Å². The maximum absolute atomic E-state index is 12.9. The Morgan fingerprint density at radius 3 is 1.43 bits per heavy atom. The zero-order valence-electron chi connectivity index (χ0n) is 28.1. The van der Waals surface area contributed by atoms with Gasteiger partial charge in [0.15, 0.2) is 6.29 Å². The fraction of sp³-hybridized carbons (Fsp3) is 0.214. The second-order valence-corrected chi connectivity index (χ2v) is 21.1. The van der Waals surface area contributed by atoms with E-state index in [4.69, 9.17) is 0 Å². The number of rotatable bonds is 3. The average molecular weight is 807 g/mol. The van der Waals surface area contributed by atoms with Gasteiger partial charge in [0.2, 0.25) is 0 Å². The van der Waals surface area contributed by atoms with Crippen LogP contribution in [-0.2, 0) is 9.59 Å². The molecule has 0 aromatic heterocycles. The summed E-state index contributed by atoms with van der Waals surface area (Å²) in [6.07, 6.45) is 2.06. The summed E-state index contributed by atoms with van der Waals surface area (Å²) in [7, 11) is 9.71. The van der Waals surface area contributed by atoms with Crippen LogP contribution < -0.4 is 0 Å². The second-order valence-electron chi connectivity index (χ2n) is 14.4. The van der Waals surface area contributed by atoms with Gasteiger partial charge in [0.25, 0.3) is 0 Å². The lowest BCUT2D eigenvalue weighted by Crippen LogP contribution is -2.47. The van der Waals surface area contributed by atoms with Crippen molar-refractivity contribution in [3.8, 4) is 0 Å². The van der Waals surface area contributed by atoms with Crippen molar-refractivity contribution < 1.29 is 24.6 Å². The van der Waals surface area contributed by atoms with Crippen LogP contribution in [0.2, 0.25) is 0 Å². The standard InChI is InChI=1S/C42H30O5S6/c1-19-13-28-24-9-5-21-15-30(24)36(19)25-10-6-20(14-29(25)28)50-52-34-3-2-4-35(33(34)18-43)53-51-23-8-12-27-32(17-23)38-26-11-7-22(49-48-21)16-31(26)37(27)39(41(44)45)40(38)42(46)47/h2-12,14-19,28,36-40H,13H2,1H3,(H,44,45)(H,46,47)/t19?,28-,36?,37?,38?,39?,40?/m1/s1. The molecular formula is C42H30O5S6. The first kappa shape index (κ1) is 34.3. The summed E-state index contributed by atoms with van der Waals surface area (Å²) in [5.74, 6) is -4.29. The number of carbonyl (C=O) groups excluding carboxylic acids is 1. The molecule has 11 heteroatoms. The van der Waals surface area contributed by atoms with Crippen LogP contribution in [0.15, 0.2) is 120 Å². The van der Waals surface area contributed by atoms with E-state index in [2.05, 4.69) is 55.5 Å². The van der Waals surface area contributed by atoms with Gasteiger partial charge in [0.1, 0.15) is 0 Å². The number of fused-ring (bicyclic) bond motifs is 2. The monoisotopic (exact) mass is 806 g/mol. The molecule has 53 heavy (non-hydrogen) atoms. The number of carbonyl (C=O) groups is 3. The van der Waals surface area contributed by atoms with Crippen molar-refractivity contribution in [2.45, 2.75) is 66.4 Å². The van der Waals surface area contributed by atoms with Crippen LogP contribution in [0.1, 0.15) is 91.9 Å². The van der Waals surface area contributed by atoms with Gasteiger partial charge in [0, 0.05) is 58.6 Å². The summed E-state index contributed by atoms with van der Waals surface area (Å²) in [5.41, 5.74) is 9.89. The molecule has 8 heterocycles. The maximum atomic E-state index is 12.9. The minimum atomic E-state index is -1.09. The lowest BCUT2D eigenvalue weighted by molar-refractivity contribution is -0.156. The first-order valence-corrected chi connectivity index (χ1v) is 23.9. The number of hydrogen-bond donors (Lipinski definition) is 2. The predicted octanol–water partition coefficient (Wildman–Crippen LogP) is 11.8. The molecule has 14 aliphatic rings. The molecule has 0 saturated carbocycles. The maximum Gasteiger partial charge on any atom is 0.308 e. The normalized spacial score (nSPS) is 25.9. The fourth-order valence-corrected chi connectivity index (χ4v) is 16.0. The smallest absolute Gasteiger partial charge is 0.308 e. The zero-order chi connectivity index (χ0) is 36.1. The third-order valence-corrected chi connectivity index (χ3v) is 18.9. The summed E-state index contributed by atoms with van der Waals surface area (Å²) >= 11 is 0. The number of carboxylic acids is 2. The Hall–Kier alpha value is -3.19. The van der Waals surface area contributed by atoms with Crippen LogP contribution in [-0.4, -0.2) is 28.4 Å². The summed E-state index contributed by atoms with van der Waals surface area (Å²) in [4.78, 5) is 44.4. The van der Waals surface area contributed by atoms with Gasteiger partial charge in [0.05, 0.1) is 11.8 Å². The SMILES string of the molecule is CC1C[C@@H]2c3ccc4cc3C1c1ccc(cc12)SSc1cccc(c1C=O)SSc1ccc2c(c1)C1c3ccc(cc3C2C(C(=O)O)C1C(=O)O)SS4. The number of benzene rings is 5. The van der Waals surface area contributed by atoms with Crippen molar-refractivity contribution in [2.75, 3.05) is 0 Å². The highest BCUT2D eigenvalue weighted by molar-refractivity contribution is 8.77. The topological polar surface area (TPSA) is 91.7 Å². The van der Waals surface area contributed by atoms with E-state index in [-0.39, 0.29) is 0 Å². The molecule has 5 aromatic rings. The molecule has 264 valence electrons. The Balaban J connectivity index is 1.11. The van der Waals surface area contributed by atoms with Crippen LogP contribution >= 0.6 is 64.8 Å². The van der Waals surface area contributed by atoms with Gasteiger partial charge < -0.3 is 10.2 Å². The third-order valence-electron chi connectivity index (χ3n) is 11.7. The van der Waals surface area contributed by atoms with Crippen molar-refractivity contribution in [3.05, 3.63) is 141 Å². The molecule has 5 nitrogen and oxygen atoms in total. The zero-order valence-corrected chi connectivity index (χ0v) is 33.0. The van der Waals surface area contributed by atoms with Gasteiger partial charge in [-0.05, 0) is 118 Å². The Kier molecular flexibility index (Phi) is 8.57. The Bertz CT molecular complexity index is 2410. The second kappa shape index (κ2) is 13.2. The van der Waals surface area contributed by atoms with Crippen molar-refractivity contribution in [1.29, 1.82) is 0 Å². The third kappa shape index (κ3) is 5.47. The van der Waals surface area contributed by atoms with E-state index in [1.807, 2.05) is 42.5 Å². The molecular weight excluding hydrogens is 777 g/mol. The summed E-state index contributed by atoms with van der Waals surface area (Å²) in [5, 5.41) is 21.0. The molecule has 5 aromatic carbocycles. The molecule has 0 radical (unpaired) electrons. The van der Waals surface area contributed by atoms with Gasteiger partial charge in [-0.15, -0.1) is 0 Å². The van der Waals surface area contributed by atoms with Crippen LogP contribution in [0, 0.1) is 17.8 Å². The molecule has 0 saturated heterocycles. The first-order chi connectivity index (χ1) is 25.8. The highest BCUT2D eigenvalue weighted by Crippen LogP contribution is 2.61. The fourth-order valence-electron chi connectivity index (χ4n) is 9.59. The van der Waals surface area contributed by atoms with E-state index in [0.29, 0.717) is 23.3 Å². The van der Waals surface area contributed by atoms with Gasteiger partial charge in [-0.3, -0.25) is 14.4 Å². The van der Waals surface area contributed by atoms with Crippen molar-refractivity contribution >= 4 is 83.0 Å². The quantitative estimate of drug-likeness (QED) is 0.135. The van der Waals surface area contributed by atoms with Crippen LogP contribution in [0.4, 0.5) is 0 Å².